The summed E-state index contributed by atoms with van der Waals surface area (Å²) in [5.74, 6) is 0.251. The van der Waals surface area contributed by atoms with Gasteiger partial charge in [0, 0.05) is 12.1 Å². The molecule has 1 N–H and O–H groups in total. The van der Waals surface area contributed by atoms with Crippen LogP contribution < -0.4 is 0 Å². The average Bonchev–Trinajstić information content (AvgIpc) is 3.33. The van der Waals surface area contributed by atoms with E-state index in [9.17, 15) is 14.7 Å². The minimum Gasteiger partial charge on any atom is -0.478 e. The van der Waals surface area contributed by atoms with Crippen LogP contribution in [0.4, 0.5) is 0 Å². The first-order valence-corrected chi connectivity index (χ1v) is 8.58. The van der Waals surface area contributed by atoms with E-state index in [2.05, 4.69) is 18.7 Å². The fourth-order valence-corrected chi connectivity index (χ4v) is 4.54. The first-order valence-electron chi connectivity index (χ1n) is 8.58. The number of aromatic carboxylic acids is 1. The molecule has 23 heavy (non-hydrogen) atoms. The second kappa shape index (κ2) is 4.91. The van der Waals surface area contributed by atoms with E-state index in [-0.39, 0.29) is 28.7 Å². The summed E-state index contributed by atoms with van der Waals surface area (Å²) in [7, 11) is 0. The van der Waals surface area contributed by atoms with Gasteiger partial charge in [-0.15, -0.1) is 0 Å². The highest BCUT2D eigenvalue weighted by Gasteiger charge is 2.52. The second-order valence-electron chi connectivity index (χ2n) is 7.77. The molecule has 1 saturated heterocycles. The van der Waals surface area contributed by atoms with Crippen molar-refractivity contribution in [1.82, 2.24) is 4.90 Å². The fraction of sp³-hybridized carbons (Fsp3) is 0.579. The standard InChI is InChI=1S/C19H23NO3/c1-11-16-17(21)14-6-5-13(18(22)23)9-15(14)19(11,2)7-8-20(16)10-12-3-4-12/h5-6,9,11-12,16H,3-4,7-8,10H2,1-2H3,(H,22,23). The highest BCUT2D eigenvalue weighted by molar-refractivity contribution is 6.04. The van der Waals surface area contributed by atoms with Gasteiger partial charge in [0.1, 0.15) is 0 Å². The number of Topliss-reactive ketones (excluding diaryl/α,β-unsaturated/α-hetero) is 1. The van der Waals surface area contributed by atoms with Gasteiger partial charge in [-0.05, 0) is 60.8 Å². The molecule has 4 nitrogen and oxygen atoms in total. The number of hydrogen-bond acceptors (Lipinski definition) is 3. The maximum absolute atomic E-state index is 13.1. The number of carbonyl (C=O) groups is 2. The Bertz CT molecular complexity index is 694. The Hall–Kier alpha value is -1.68. The highest BCUT2D eigenvalue weighted by atomic mass is 16.4. The van der Waals surface area contributed by atoms with Crippen LogP contribution >= 0.6 is 0 Å². The number of fused-ring (bicyclic) bond motifs is 4. The predicted octanol–water partition coefficient (Wildman–Crippen LogP) is 2.96. The lowest BCUT2D eigenvalue weighted by Gasteiger charge is -2.53. The van der Waals surface area contributed by atoms with E-state index in [1.807, 2.05) is 0 Å². The van der Waals surface area contributed by atoms with Crippen molar-refractivity contribution >= 4 is 11.8 Å². The Morgan fingerprint density at radius 1 is 1.39 bits per heavy atom. The first-order chi connectivity index (χ1) is 10.9. The lowest BCUT2D eigenvalue weighted by atomic mass is 9.58. The van der Waals surface area contributed by atoms with E-state index in [4.69, 9.17) is 0 Å². The van der Waals surface area contributed by atoms with Crippen LogP contribution in [0.25, 0.3) is 0 Å². The van der Waals surface area contributed by atoms with E-state index in [0.29, 0.717) is 0 Å². The van der Waals surface area contributed by atoms with Crippen molar-refractivity contribution in [2.45, 2.75) is 44.6 Å². The highest BCUT2D eigenvalue weighted by Crippen LogP contribution is 2.49. The molecule has 0 amide bonds. The van der Waals surface area contributed by atoms with Gasteiger partial charge in [0.25, 0.3) is 0 Å². The molecule has 2 aliphatic carbocycles. The molecule has 3 aliphatic rings. The third-order valence-corrected chi connectivity index (χ3v) is 6.40. The van der Waals surface area contributed by atoms with E-state index < -0.39 is 5.97 Å². The Morgan fingerprint density at radius 2 is 2.13 bits per heavy atom. The van der Waals surface area contributed by atoms with Crippen LogP contribution in [0.3, 0.4) is 0 Å². The van der Waals surface area contributed by atoms with Gasteiger partial charge < -0.3 is 5.11 Å². The normalized spacial score (nSPS) is 33.4. The van der Waals surface area contributed by atoms with Gasteiger partial charge in [0.05, 0.1) is 11.6 Å². The molecule has 1 heterocycles. The van der Waals surface area contributed by atoms with Gasteiger partial charge in [-0.2, -0.15) is 0 Å². The molecule has 2 fully saturated rings. The van der Waals surface area contributed by atoms with Crippen molar-refractivity contribution in [2.75, 3.05) is 13.1 Å². The minimum absolute atomic E-state index is 0.0440. The quantitative estimate of drug-likeness (QED) is 0.932. The monoisotopic (exact) mass is 313 g/mol. The maximum Gasteiger partial charge on any atom is 0.335 e. The molecular formula is C19H23NO3. The van der Waals surface area contributed by atoms with Crippen molar-refractivity contribution in [1.29, 1.82) is 0 Å². The number of carbonyl (C=O) groups excluding carboxylic acids is 1. The molecular weight excluding hydrogens is 290 g/mol. The average molecular weight is 313 g/mol. The largest absolute Gasteiger partial charge is 0.478 e. The minimum atomic E-state index is -0.926. The molecule has 3 atom stereocenters. The summed E-state index contributed by atoms with van der Waals surface area (Å²) in [6.07, 6.45) is 3.57. The van der Waals surface area contributed by atoms with Gasteiger partial charge in [0.2, 0.25) is 0 Å². The Balaban J connectivity index is 1.79. The first kappa shape index (κ1) is 14.9. The van der Waals surface area contributed by atoms with E-state index >= 15 is 0 Å². The zero-order valence-corrected chi connectivity index (χ0v) is 13.7. The topological polar surface area (TPSA) is 57.6 Å². The van der Waals surface area contributed by atoms with Gasteiger partial charge in [-0.25, -0.2) is 4.79 Å². The molecule has 0 aromatic heterocycles. The summed E-state index contributed by atoms with van der Waals surface area (Å²) in [5, 5.41) is 9.28. The molecule has 122 valence electrons. The molecule has 1 aliphatic heterocycles. The lowest BCUT2D eigenvalue weighted by molar-refractivity contribution is 0.0265. The van der Waals surface area contributed by atoms with E-state index in [0.717, 1.165) is 36.6 Å². The number of piperidine rings is 1. The van der Waals surface area contributed by atoms with Crippen LogP contribution in [0.1, 0.15) is 59.4 Å². The molecule has 1 saturated carbocycles. The molecule has 3 unspecified atom stereocenters. The SMILES string of the molecule is CC1C2C(=O)c3ccc(C(=O)O)cc3C1(C)CCN2CC1CC1. The van der Waals surface area contributed by atoms with Crippen LogP contribution in [-0.2, 0) is 5.41 Å². The van der Waals surface area contributed by atoms with Gasteiger partial charge >= 0.3 is 5.97 Å². The number of ketones is 1. The molecule has 4 rings (SSSR count). The number of rotatable bonds is 3. The van der Waals surface area contributed by atoms with Crippen LogP contribution in [0.2, 0.25) is 0 Å². The third-order valence-electron chi connectivity index (χ3n) is 6.40. The number of hydrogen-bond donors (Lipinski definition) is 1. The molecule has 1 aromatic carbocycles. The molecule has 1 aromatic rings. The summed E-state index contributed by atoms with van der Waals surface area (Å²) in [6.45, 7) is 6.35. The van der Waals surface area contributed by atoms with Crippen molar-refractivity contribution in [3.05, 3.63) is 34.9 Å². The smallest absolute Gasteiger partial charge is 0.335 e. The maximum atomic E-state index is 13.1. The molecule has 4 heteroatoms. The predicted molar refractivity (Wildman–Crippen MR) is 86.9 cm³/mol. The van der Waals surface area contributed by atoms with Crippen LogP contribution in [0, 0.1) is 11.8 Å². The third kappa shape index (κ3) is 2.15. The zero-order valence-electron chi connectivity index (χ0n) is 13.7. The molecule has 0 spiro atoms. The van der Waals surface area contributed by atoms with Gasteiger partial charge in [-0.3, -0.25) is 9.69 Å². The Morgan fingerprint density at radius 3 is 2.78 bits per heavy atom. The number of likely N-dealkylation sites (tertiary alicyclic amines) is 1. The van der Waals surface area contributed by atoms with E-state index in [1.54, 1.807) is 18.2 Å². The van der Waals surface area contributed by atoms with Gasteiger partial charge in [-0.1, -0.05) is 19.9 Å². The van der Waals surface area contributed by atoms with Crippen molar-refractivity contribution in [3.8, 4) is 0 Å². The summed E-state index contributed by atoms with van der Waals surface area (Å²) in [5.41, 5.74) is 1.85. The number of nitrogens with zero attached hydrogens (tertiary/aromatic N) is 1. The van der Waals surface area contributed by atoms with Crippen LogP contribution in [-0.4, -0.2) is 40.9 Å². The van der Waals surface area contributed by atoms with Crippen LogP contribution in [0.15, 0.2) is 18.2 Å². The van der Waals surface area contributed by atoms with Crippen molar-refractivity contribution < 1.29 is 14.7 Å². The Kier molecular flexibility index (Phi) is 3.17. The van der Waals surface area contributed by atoms with Crippen molar-refractivity contribution in [3.63, 3.8) is 0 Å². The van der Waals surface area contributed by atoms with Crippen molar-refractivity contribution in [2.24, 2.45) is 11.8 Å². The lowest BCUT2D eigenvalue weighted by Crippen LogP contribution is -2.61. The summed E-state index contributed by atoms with van der Waals surface area (Å²) in [6, 6.07) is 4.99. The summed E-state index contributed by atoms with van der Waals surface area (Å²) in [4.78, 5) is 26.8. The Labute approximate surface area is 136 Å². The second-order valence-corrected chi connectivity index (χ2v) is 7.77. The number of benzene rings is 1. The number of carboxylic acids is 1. The number of carboxylic acid groups (broad SMARTS) is 1. The molecule has 0 radical (unpaired) electrons. The zero-order chi connectivity index (χ0) is 16.4. The summed E-state index contributed by atoms with van der Waals surface area (Å²) < 4.78 is 0. The summed E-state index contributed by atoms with van der Waals surface area (Å²) >= 11 is 0. The van der Waals surface area contributed by atoms with E-state index in [1.165, 1.54) is 12.8 Å². The fourth-order valence-electron chi connectivity index (χ4n) is 4.54. The van der Waals surface area contributed by atoms with Crippen LogP contribution in [0.5, 0.6) is 0 Å². The molecule has 2 bridgehead atoms. The van der Waals surface area contributed by atoms with Gasteiger partial charge in [0.15, 0.2) is 5.78 Å².